The third-order valence-corrected chi connectivity index (χ3v) is 4.28. The van der Waals surface area contributed by atoms with Crippen LogP contribution in [0.15, 0.2) is 48.7 Å². The molecule has 128 valence electrons. The third-order valence-electron chi connectivity index (χ3n) is 4.28. The van der Waals surface area contributed by atoms with Gasteiger partial charge in [-0.2, -0.15) is 0 Å². The molecule has 6 nitrogen and oxygen atoms in total. The number of aryl methyl sites for hydroxylation is 2. The van der Waals surface area contributed by atoms with Gasteiger partial charge in [-0.05, 0) is 44.2 Å². The molecule has 26 heavy (non-hydrogen) atoms. The van der Waals surface area contributed by atoms with E-state index in [0.29, 0.717) is 5.82 Å². The zero-order chi connectivity index (χ0) is 18.3. The highest BCUT2D eigenvalue weighted by molar-refractivity contribution is 5.89. The van der Waals surface area contributed by atoms with Gasteiger partial charge in [0.1, 0.15) is 5.82 Å². The van der Waals surface area contributed by atoms with E-state index >= 15 is 0 Å². The largest absolute Gasteiger partial charge is 0.384 e. The molecular weight excluding hydrogens is 324 g/mol. The number of nitrogen functional groups attached to an aromatic ring is 2. The van der Waals surface area contributed by atoms with Gasteiger partial charge in [-0.25, -0.2) is 15.0 Å². The molecule has 0 unspecified atom stereocenters. The topological polar surface area (TPSA) is 104 Å². The quantitative estimate of drug-likeness (QED) is 0.577. The van der Waals surface area contributed by atoms with E-state index in [4.69, 9.17) is 11.5 Å². The molecule has 0 amide bonds. The van der Waals surface area contributed by atoms with Crippen LogP contribution in [0.2, 0.25) is 0 Å². The van der Waals surface area contributed by atoms with E-state index in [1.165, 1.54) is 0 Å². The molecule has 4 rings (SSSR count). The van der Waals surface area contributed by atoms with Crippen LogP contribution in [0, 0.1) is 13.8 Å². The van der Waals surface area contributed by atoms with Crippen molar-refractivity contribution >= 4 is 22.7 Å². The van der Waals surface area contributed by atoms with Crippen LogP contribution >= 0.6 is 0 Å². The van der Waals surface area contributed by atoms with E-state index in [2.05, 4.69) is 32.1 Å². The van der Waals surface area contributed by atoms with Gasteiger partial charge in [0.05, 0.1) is 16.9 Å². The van der Waals surface area contributed by atoms with E-state index in [1.807, 2.05) is 38.1 Å². The number of fused-ring (bicyclic) bond motifs is 1. The Labute approximate surface area is 151 Å². The highest BCUT2D eigenvalue weighted by atomic mass is 15.0. The van der Waals surface area contributed by atoms with Crippen molar-refractivity contribution in [2.45, 2.75) is 13.8 Å². The fourth-order valence-electron chi connectivity index (χ4n) is 3.08. The van der Waals surface area contributed by atoms with E-state index in [-0.39, 0.29) is 5.95 Å². The Bertz CT molecular complexity index is 1120. The summed E-state index contributed by atoms with van der Waals surface area (Å²) in [6.45, 7) is 3.90. The van der Waals surface area contributed by atoms with Gasteiger partial charge in [0.25, 0.3) is 0 Å². The number of hydrogen-bond acceptors (Lipinski definition) is 6. The number of nitrogens with two attached hydrogens (primary N) is 2. The van der Waals surface area contributed by atoms with Crippen LogP contribution in [0.25, 0.3) is 33.3 Å². The van der Waals surface area contributed by atoms with Crippen LogP contribution < -0.4 is 11.5 Å². The fraction of sp³-hybridized carbons (Fsp3) is 0.100. The van der Waals surface area contributed by atoms with E-state index in [1.54, 1.807) is 12.3 Å². The maximum atomic E-state index is 5.93. The van der Waals surface area contributed by atoms with Gasteiger partial charge < -0.3 is 11.5 Å². The van der Waals surface area contributed by atoms with Crippen molar-refractivity contribution in [3.8, 4) is 22.4 Å². The molecule has 0 saturated heterocycles. The maximum Gasteiger partial charge on any atom is 0.220 e. The van der Waals surface area contributed by atoms with Crippen LogP contribution in [0.3, 0.4) is 0 Å². The Morgan fingerprint density at radius 1 is 0.808 bits per heavy atom. The highest BCUT2D eigenvalue weighted by Gasteiger charge is 2.15. The van der Waals surface area contributed by atoms with Crippen LogP contribution in [-0.4, -0.2) is 19.9 Å². The van der Waals surface area contributed by atoms with E-state index < -0.39 is 0 Å². The Kier molecular flexibility index (Phi) is 3.73. The first-order valence-electron chi connectivity index (χ1n) is 8.25. The van der Waals surface area contributed by atoms with Crippen LogP contribution in [0.4, 0.5) is 11.8 Å². The maximum absolute atomic E-state index is 5.93. The summed E-state index contributed by atoms with van der Waals surface area (Å²) in [5, 5.41) is 1.05. The predicted molar refractivity (Wildman–Crippen MR) is 104 cm³/mol. The Morgan fingerprint density at radius 2 is 1.62 bits per heavy atom. The van der Waals surface area contributed by atoms with Crippen molar-refractivity contribution in [3.05, 3.63) is 60.0 Å². The summed E-state index contributed by atoms with van der Waals surface area (Å²) >= 11 is 0. The number of pyridine rings is 2. The van der Waals surface area contributed by atoms with Crippen LogP contribution in [-0.2, 0) is 0 Å². The van der Waals surface area contributed by atoms with Crippen molar-refractivity contribution < 1.29 is 0 Å². The van der Waals surface area contributed by atoms with Gasteiger partial charge in [0.2, 0.25) is 5.95 Å². The SMILES string of the molecule is Cc1ccc2cc(-c3nc(N)nc(C)c3-c3ccc(N)nc3)ccc2n1. The first-order valence-corrected chi connectivity index (χ1v) is 8.25. The minimum Gasteiger partial charge on any atom is -0.384 e. The van der Waals surface area contributed by atoms with Crippen molar-refractivity contribution in [1.29, 1.82) is 0 Å². The van der Waals surface area contributed by atoms with Gasteiger partial charge in [-0.15, -0.1) is 0 Å². The molecule has 0 aliphatic heterocycles. The van der Waals surface area contributed by atoms with Crippen molar-refractivity contribution in [2.75, 3.05) is 11.5 Å². The number of hydrogen-bond donors (Lipinski definition) is 2. The molecule has 4 N–H and O–H groups in total. The average Bonchev–Trinajstić information content (AvgIpc) is 2.62. The molecule has 1 aromatic carbocycles. The van der Waals surface area contributed by atoms with Crippen LogP contribution in [0.5, 0.6) is 0 Å². The number of rotatable bonds is 2. The Balaban J connectivity index is 1.96. The number of nitrogens with zero attached hydrogens (tertiary/aromatic N) is 4. The zero-order valence-electron chi connectivity index (χ0n) is 14.6. The highest BCUT2D eigenvalue weighted by Crippen LogP contribution is 2.34. The third kappa shape index (κ3) is 2.82. The van der Waals surface area contributed by atoms with E-state index in [9.17, 15) is 0 Å². The molecule has 0 aliphatic rings. The Morgan fingerprint density at radius 3 is 2.38 bits per heavy atom. The van der Waals surface area contributed by atoms with Crippen LogP contribution in [0.1, 0.15) is 11.4 Å². The van der Waals surface area contributed by atoms with Gasteiger partial charge in [-0.1, -0.05) is 12.1 Å². The second kappa shape index (κ2) is 6.07. The number of aromatic nitrogens is 4. The molecule has 3 aromatic heterocycles. The smallest absolute Gasteiger partial charge is 0.220 e. The molecule has 0 aliphatic carbocycles. The second-order valence-corrected chi connectivity index (χ2v) is 6.22. The van der Waals surface area contributed by atoms with Gasteiger partial charge in [-0.3, -0.25) is 4.98 Å². The first kappa shape index (κ1) is 16.0. The summed E-state index contributed by atoms with van der Waals surface area (Å²) in [4.78, 5) is 17.6. The van der Waals surface area contributed by atoms with Gasteiger partial charge in [0.15, 0.2) is 0 Å². The molecule has 0 spiro atoms. The lowest BCUT2D eigenvalue weighted by atomic mass is 9.98. The fourth-order valence-corrected chi connectivity index (χ4v) is 3.08. The molecule has 0 saturated carbocycles. The zero-order valence-corrected chi connectivity index (χ0v) is 14.6. The molecule has 0 radical (unpaired) electrons. The average molecular weight is 342 g/mol. The summed E-state index contributed by atoms with van der Waals surface area (Å²) in [5.74, 6) is 0.711. The lowest BCUT2D eigenvalue weighted by Gasteiger charge is -2.13. The molecule has 3 heterocycles. The lowest BCUT2D eigenvalue weighted by molar-refractivity contribution is 1.12. The van der Waals surface area contributed by atoms with Gasteiger partial charge in [0, 0.05) is 34.0 Å². The summed E-state index contributed by atoms with van der Waals surface area (Å²) in [6.07, 6.45) is 1.73. The predicted octanol–water partition coefficient (Wildman–Crippen LogP) is 3.54. The molecule has 6 heteroatoms. The monoisotopic (exact) mass is 342 g/mol. The summed E-state index contributed by atoms with van der Waals surface area (Å²) < 4.78 is 0. The number of anilines is 2. The minimum absolute atomic E-state index is 0.242. The molecule has 0 atom stereocenters. The van der Waals surface area contributed by atoms with Gasteiger partial charge >= 0.3 is 0 Å². The Hall–Kier alpha value is -3.54. The first-order chi connectivity index (χ1) is 12.5. The molecule has 0 fully saturated rings. The summed E-state index contributed by atoms with van der Waals surface area (Å²) in [6, 6.07) is 13.8. The molecule has 0 bridgehead atoms. The van der Waals surface area contributed by atoms with Crippen molar-refractivity contribution in [1.82, 2.24) is 19.9 Å². The van der Waals surface area contributed by atoms with Crippen molar-refractivity contribution in [3.63, 3.8) is 0 Å². The molecule has 4 aromatic rings. The van der Waals surface area contributed by atoms with Crippen molar-refractivity contribution in [2.24, 2.45) is 0 Å². The summed E-state index contributed by atoms with van der Waals surface area (Å²) in [7, 11) is 0. The minimum atomic E-state index is 0.242. The number of benzene rings is 1. The second-order valence-electron chi connectivity index (χ2n) is 6.22. The normalized spacial score (nSPS) is 11.0. The van der Waals surface area contributed by atoms with E-state index in [0.717, 1.165) is 44.7 Å². The standard InChI is InChI=1S/C20H18N6/c1-11-3-4-13-9-14(5-7-16(13)24-11)19-18(12(2)25-20(22)26-19)15-6-8-17(21)23-10-15/h3-10H,1-2H3,(H2,21,23)(H2,22,25,26). The summed E-state index contributed by atoms with van der Waals surface area (Å²) in [5.41, 5.74) is 17.9. The lowest BCUT2D eigenvalue weighted by Crippen LogP contribution is -2.03. The molecular formula is C20H18N6.